The molecule has 2 aromatic rings. The minimum atomic E-state index is -5.08. The Bertz CT molecular complexity index is 1470. The van der Waals surface area contributed by atoms with E-state index in [2.05, 4.69) is 16.0 Å². The lowest BCUT2D eigenvalue weighted by Crippen LogP contribution is -2.57. The number of hydrogen-bond donors (Lipinski definition) is 5. The number of hydrogen-bond acceptors (Lipinski definition) is 8. The van der Waals surface area contributed by atoms with Crippen LogP contribution in [0.4, 0.5) is 26.7 Å². The fraction of sp³-hybridized carbons (Fsp3) is 0.545. The van der Waals surface area contributed by atoms with Crippen molar-refractivity contribution in [1.29, 1.82) is 0 Å². The predicted octanol–water partition coefficient (Wildman–Crippen LogP) is 4.42. The summed E-state index contributed by atoms with van der Waals surface area (Å²) in [4.78, 5) is 35.3. The maximum absolute atomic E-state index is 13.9. The van der Waals surface area contributed by atoms with Crippen molar-refractivity contribution in [3.05, 3.63) is 71.3 Å². The Morgan fingerprint density at radius 1 is 0.940 bits per heavy atom. The molecule has 0 spiro atoms. The van der Waals surface area contributed by atoms with E-state index >= 15 is 0 Å². The van der Waals surface area contributed by atoms with E-state index in [9.17, 15) is 45.1 Å². The average molecular weight is 738 g/mol. The maximum Gasteiger partial charge on any atom is 0.490 e. The number of carbonyl (C=O) groups excluding carboxylic acids is 2. The van der Waals surface area contributed by atoms with E-state index in [1.807, 2.05) is 13.8 Å². The average Bonchev–Trinajstić information content (AvgIpc) is 3.86. The van der Waals surface area contributed by atoms with Crippen LogP contribution < -0.4 is 16.0 Å². The number of aliphatic hydroxyl groups is 1. The van der Waals surface area contributed by atoms with Crippen LogP contribution in [-0.4, -0.2) is 84.6 Å². The summed E-state index contributed by atoms with van der Waals surface area (Å²) in [6.07, 6.45) is -3.42. The van der Waals surface area contributed by atoms with Crippen molar-refractivity contribution in [1.82, 2.24) is 16.0 Å². The normalized spacial score (nSPS) is 14.9. The zero-order chi connectivity index (χ0) is 37.5. The molecule has 0 aromatic heterocycles. The van der Waals surface area contributed by atoms with Crippen LogP contribution in [0.2, 0.25) is 0 Å². The van der Waals surface area contributed by atoms with Gasteiger partial charge in [0, 0.05) is 18.7 Å². The van der Waals surface area contributed by atoms with Gasteiger partial charge in [-0.05, 0) is 55.4 Å². The van der Waals surface area contributed by atoms with Gasteiger partial charge >= 0.3 is 18.2 Å². The van der Waals surface area contributed by atoms with Gasteiger partial charge in [-0.3, -0.25) is 4.79 Å². The van der Waals surface area contributed by atoms with Crippen molar-refractivity contribution in [2.45, 2.75) is 101 Å². The molecule has 2 amide bonds. The molecule has 5 N–H and O–H groups in total. The molecule has 0 heterocycles. The number of nitrogens with one attached hydrogen (secondary N) is 3. The van der Waals surface area contributed by atoms with Crippen LogP contribution in [0.5, 0.6) is 0 Å². The lowest BCUT2D eigenvalue weighted by molar-refractivity contribution is -0.192. The largest absolute Gasteiger partial charge is 0.490 e. The summed E-state index contributed by atoms with van der Waals surface area (Å²) in [5.74, 6) is -5.92. The number of carboxylic acids is 1. The number of carbonyl (C=O) groups is 3. The number of alkyl carbamates (subject to hydrolysis) is 1. The summed E-state index contributed by atoms with van der Waals surface area (Å²) in [6, 6.07) is 9.43. The molecule has 2 aromatic carbocycles. The lowest BCUT2D eigenvalue weighted by Gasteiger charge is -2.28. The molecule has 17 heteroatoms. The van der Waals surface area contributed by atoms with Gasteiger partial charge in [0.05, 0.1) is 23.1 Å². The van der Waals surface area contributed by atoms with E-state index in [-0.39, 0.29) is 31.2 Å². The molecule has 0 aliphatic heterocycles. The molecule has 11 nitrogen and oxygen atoms in total. The minimum Gasteiger partial charge on any atom is -0.475 e. The number of ether oxygens (including phenoxy) is 1. The Morgan fingerprint density at radius 3 is 2.00 bits per heavy atom. The summed E-state index contributed by atoms with van der Waals surface area (Å²) in [6.45, 7) is 3.75. The molecular weight excluding hydrogens is 693 g/mol. The fourth-order valence-electron chi connectivity index (χ4n) is 4.87. The van der Waals surface area contributed by atoms with Crippen molar-refractivity contribution < 1.29 is 59.7 Å². The van der Waals surface area contributed by atoms with Gasteiger partial charge in [0.25, 0.3) is 0 Å². The molecule has 3 atom stereocenters. The molecule has 0 unspecified atom stereocenters. The summed E-state index contributed by atoms with van der Waals surface area (Å²) < 4.78 is 91.7. The van der Waals surface area contributed by atoms with Crippen LogP contribution in [0.3, 0.4) is 0 Å². The maximum atomic E-state index is 13.9. The van der Waals surface area contributed by atoms with Gasteiger partial charge in [-0.2, -0.15) is 13.2 Å². The summed E-state index contributed by atoms with van der Waals surface area (Å²) in [7, 11) is -3.85. The van der Waals surface area contributed by atoms with Gasteiger partial charge < -0.3 is 30.9 Å². The molecule has 0 bridgehead atoms. The minimum absolute atomic E-state index is 0.0952. The summed E-state index contributed by atoms with van der Waals surface area (Å²) in [5.41, 5.74) is 0.893. The van der Waals surface area contributed by atoms with Crippen molar-refractivity contribution >= 4 is 27.8 Å². The number of halogens is 5. The first-order valence-corrected chi connectivity index (χ1v) is 17.8. The van der Waals surface area contributed by atoms with Crippen LogP contribution in [0.25, 0.3) is 0 Å². The second-order valence-corrected chi connectivity index (χ2v) is 14.3. The van der Waals surface area contributed by atoms with Gasteiger partial charge in [-0.15, -0.1) is 0 Å². The highest BCUT2D eigenvalue weighted by Crippen LogP contribution is 2.20. The third-order valence-corrected chi connectivity index (χ3v) is 9.84. The number of aliphatic carboxylic acids is 1. The number of alkyl halides is 3. The summed E-state index contributed by atoms with van der Waals surface area (Å²) in [5, 5.41) is 25.6. The Labute approximate surface area is 287 Å². The van der Waals surface area contributed by atoms with E-state index in [0.717, 1.165) is 31.0 Å². The molecule has 1 saturated carbocycles. The third-order valence-electron chi connectivity index (χ3n) is 7.56. The topological polar surface area (TPSA) is 171 Å². The van der Waals surface area contributed by atoms with Crippen LogP contribution >= 0.6 is 0 Å². The fourth-order valence-corrected chi connectivity index (χ4v) is 7.03. The number of amides is 2. The van der Waals surface area contributed by atoms with E-state index in [4.69, 9.17) is 14.6 Å². The SMILES string of the molecule is CCCC(CCC)S(=O)(=O)C[C@H](NC(=O)OCc1ccccc1)C(=O)N[C@@H](Cc1cc(F)cc(F)c1)[C@H](O)CNC1CC1.O=C(O)C(F)(F)F. The number of benzene rings is 2. The first-order chi connectivity index (χ1) is 23.4. The molecular formula is C33H44F5N3O8S. The van der Waals surface area contributed by atoms with Crippen molar-refractivity contribution in [3.63, 3.8) is 0 Å². The van der Waals surface area contributed by atoms with Gasteiger partial charge in [0.2, 0.25) is 5.91 Å². The molecule has 1 aliphatic rings. The van der Waals surface area contributed by atoms with Gasteiger partial charge in [-0.25, -0.2) is 26.8 Å². The van der Waals surface area contributed by atoms with Crippen LogP contribution in [0.15, 0.2) is 48.5 Å². The second-order valence-electron chi connectivity index (χ2n) is 11.9. The van der Waals surface area contributed by atoms with Crippen LogP contribution in [0, 0.1) is 11.6 Å². The lowest BCUT2D eigenvalue weighted by atomic mass is 10.00. The van der Waals surface area contributed by atoms with Crippen molar-refractivity contribution in [2.24, 2.45) is 0 Å². The Kier molecular flexibility index (Phi) is 17.0. The molecule has 1 aliphatic carbocycles. The standard InChI is InChI=1S/C31H43F2N3O6S.C2HF3O2/c1-3-8-26(9-4-2)43(40,41)20-28(36-31(39)42-19-21-10-6-5-7-11-21)30(38)35-27(29(37)18-34-25-12-13-25)16-22-14-23(32)17-24(33)15-22;3-2(4,5)1(6)7/h5-7,10-11,14-15,17,25-29,34,37H,3-4,8-9,12-13,16,18-20H2,1-2H3,(H,35,38)(H,36,39);(H,6,7)/t27-,28-,29+;/m0./s1. The molecule has 50 heavy (non-hydrogen) atoms. The Hall–Kier alpha value is -3.83. The zero-order valence-electron chi connectivity index (χ0n) is 27.7. The van der Waals surface area contributed by atoms with Crippen molar-refractivity contribution in [3.8, 4) is 0 Å². The van der Waals surface area contributed by atoms with E-state index < -0.39 is 74.8 Å². The van der Waals surface area contributed by atoms with E-state index in [0.29, 0.717) is 31.2 Å². The summed E-state index contributed by atoms with van der Waals surface area (Å²) >= 11 is 0. The third kappa shape index (κ3) is 15.8. The molecule has 0 radical (unpaired) electrons. The molecule has 3 rings (SSSR count). The highest BCUT2D eigenvalue weighted by Gasteiger charge is 2.38. The van der Waals surface area contributed by atoms with E-state index in [1.165, 1.54) is 0 Å². The van der Waals surface area contributed by atoms with Gasteiger partial charge in [-0.1, -0.05) is 57.0 Å². The first-order valence-electron chi connectivity index (χ1n) is 16.1. The highest BCUT2D eigenvalue weighted by molar-refractivity contribution is 7.92. The Balaban J connectivity index is 0.00000112. The van der Waals surface area contributed by atoms with Gasteiger partial charge in [0.1, 0.15) is 24.3 Å². The molecule has 280 valence electrons. The number of aliphatic hydroxyl groups excluding tert-OH is 1. The van der Waals surface area contributed by atoms with Crippen LogP contribution in [-0.2, 0) is 37.2 Å². The number of sulfone groups is 1. The smallest absolute Gasteiger partial charge is 0.475 e. The predicted molar refractivity (Wildman–Crippen MR) is 174 cm³/mol. The van der Waals surface area contributed by atoms with E-state index in [1.54, 1.807) is 30.3 Å². The van der Waals surface area contributed by atoms with Crippen molar-refractivity contribution in [2.75, 3.05) is 12.3 Å². The van der Waals surface area contributed by atoms with Gasteiger partial charge in [0.15, 0.2) is 9.84 Å². The molecule has 0 saturated heterocycles. The first kappa shape index (κ1) is 42.3. The second kappa shape index (κ2) is 20.1. The van der Waals surface area contributed by atoms with Crippen LogP contribution in [0.1, 0.15) is 63.5 Å². The quantitative estimate of drug-likeness (QED) is 0.139. The monoisotopic (exact) mass is 737 g/mol. The Morgan fingerprint density at radius 2 is 1.50 bits per heavy atom. The zero-order valence-corrected chi connectivity index (χ0v) is 28.5. The molecule has 1 fully saturated rings. The highest BCUT2D eigenvalue weighted by atomic mass is 32.2. The number of rotatable bonds is 18. The number of carboxylic acid groups (broad SMARTS) is 1.